The number of fused-ring (bicyclic) bond motifs is 1. The van der Waals surface area contributed by atoms with E-state index in [9.17, 15) is 0 Å². The highest BCUT2D eigenvalue weighted by atomic mass is 15.2. The fourth-order valence-electron chi connectivity index (χ4n) is 2.06. The lowest BCUT2D eigenvalue weighted by Crippen LogP contribution is -2.11. The summed E-state index contributed by atoms with van der Waals surface area (Å²) < 4.78 is 0. The Morgan fingerprint density at radius 3 is 2.90 bits per heavy atom. The molecule has 98 valence electrons. The lowest BCUT2D eigenvalue weighted by atomic mass is 10.2. The number of hydrogen-bond acceptors (Lipinski definition) is 5. The van der Waals surface area contributed by atoms with Gasteiger partial charge in [-0.2, -0.15) is 5.26 Å². The molecule has 0 atom stereocenters. The lowest BCUT2D eigenvalue weighted by Gasteiger charge is -2.17. The van der Waals surface area contributed by atoms with E-state index in [0.29, 0.717) is 11.5 Å². The van der Waals surface area contributed by atoms with Crippen LogP contribution in [0.4, 0.5) is 11.5 Å². The van der Waals surface area contributed by atoms with E-state index in [1.54, 1.807) is 6.07 Å². The molecular weight excluding hydrogens is 252 g/mol. The number of aromatic nitrogens is 4. The quantitative estimate of drug-likeness (QED) is 0.768. The van der Waals surface area contributed by atoms with Crippen LogP contribution in [0.5, 0.6) is 0 Å². The van der Waals surface area contributed by atoms with E-state index in [1.165, 1.54) is 6.33 Å². The Bertz CT molecular complexity index is 814. The molecule has 6 nitrogen and oxygen atoms in total. The minimum atomic E-state index is 0.348. The first-order valence-corrected chi connectivity index (χ1v) is 6.09. The van der Waals surface area contributed by atoms with E-state index in [4.69, 9.17) is 5.26 Å². The average Bonchev–Trinajstić information content (AvgIpc) is 2.85. The molecule has 0 fully saturated rings. The summed E-state index contributed by atoms with van der Waals surface area (Å²) in [5, 5.41) is 8.89. The third kappa shape index (κ3) is 2.06. The van der Waals surface area contributed by atoms with Crippen molar-refractivity contribution in [3.8, 4) is 6.07 Å². The molecule has 1 aromatic carbocycles. The zero-order valence-corrected chi connectivity index (χ0v) is 11.1. The Hall–Kier alpha value is -2.94. The van der Waals surface area contributed by atoms with Crippen molar-refractivity contribution in [1.82, 2.24) is 19.9 Å². The van der Waals surface area contributed by atoms with Gasteiger partial charge < -0.3 is 9.88 Å². The van der Waals surface area contributed by atoms with Crippen molar-refractivity contribution in [3.63, 3.8) is 0 Å². The zero-order valence-electron chi connectivity index (χ0n) is 11.1. The summed E-state index contributed by atoms with van der Waals surface area (Å²) in [6.45, 7) is 1.92. The summed E-state index contributed by atoms with van der Waals surface area (Å²) in [5.41, 5.74) is 3.21. The Morgan fingerprint density at radius 1 is 1.25 bits per heavy atom. The van der Waals surface area contributed by atoms with Crippen LogP contribution in [0.25, 0.3) is 11.0 Å². The normalized spacial score (nSPS) is 10.4. The van der Waals surface area contributed by atoms with Crippen molar-refractivity contribution in [2.24, 2.45) is 0 Å². The summed E-state index contributed by atoms with van der Waals surface area (Å²) in [4.78, 5) is 17.5. The summed E-state index contributed by atoms with van der Waals surface area (Å²) in [6, 6.07) is 9.60. The molecule has 0 bridgehead atoms. The second-order valence-electron chi connectivity index (χ2n) is 4.46. The van der Waals surface area contributed by atoms with Crippen LogP contribution in [0, 0.1) is 18.3 Å². The van der Waals surface area contributed by atoms with Gasteiger partial charge in [-0.15, -0.1) is 0 Å². The van der Waals surface area contributed by atoms with Gasteiger partial charge in [0.2, 0.25) is 0 Å². The SMILES string of the molecule is Cc1nc2ccc(N(C)c3cc(C#N)ncn3)cc2[nH]1. The first kappa shape index (κ1) is 12.1. The Kier molecular flexibility index (Phi) is 2.80. The number of aromatic amines is 1. The molecule has 0 aliphatic carbocycles. The predicted molar refractivity (Wildman–Crippen MR) is 75.6 cm³/mol. The maximum atomic E-state index is 8.89. The number of imidazole rings is 1. The van der Waals surface area contributed by atoms with Gasteiger partial charge in [-0.05, 0) is 25.1 Å². The summed E-state index contributed by atoms with van der Waals surface area (Å²) in [6.07, 6.45) is 1.39. The van der Waals surface area contributed by atoms with Crippen molar-refractivity contribution in [3.05, 3.63) is 42.1 Å². The van der Waals surface area contributed by atoms with Crippen LogP contribution in [0.15, 0.2) is 30.6 Å². The van der Waals surface area contributed by atoms with Crippen molar-refractivity contribution < 1.29 is 0 Å². The van der Waals surface area contributed by atoms with Gasteiger partial charge in [0.1, 0.15) is 29.7 Å². The molecule has 2 heterocycles. The lowest BCUT2D eigenvalue weighted by molar-refractivity contribution is 1.07. The van der Waals surface area contributed by atoms with Gasteiger partial charge in [-0.1, -0.05) is 0 Å². The second kappa shape index (κ2) is 4.63. The Morgan fingerprint density at radius 2 is 2.10 bits per heavy atom. The molecule has 0 unspecified atom stereocenters. The zero-order chi connectivity index (χ0) is 14.1. The van der Waals surface area contributed by atoms with E-state index in [1.807, 2.05) is 43.1 Å². The molecule has 0 aliphatic heterocycles. The van der Waals surface area contributed by atoms with E-state index >= 15 is 0 Å². The Labute approximate surface area is 115 Å². The molecule has 3 rings (SSSR count). The highest BCUT2D eigenvalue weighted by molar-refractivity contribution is 5.80. The van der Waals surface area contributed by atoms with E-state index in [0.717, 1.165) is 22.5 Å². The molecule has 2 aromatic heterocycles. The van der Waals surface area contributed by atoms with E-state index < -0.39 is 0 Å². The fourth-order valence-corrected chi connectivity index (χ4v) is 2.06. The average molecular weight is 264 g/mol. The van der Waals surface area contributed by atoms with Gasteiger partial charge in [0.05, 0.1) is 11.0 Å². The predicted octanol–water partition coefficient (Wildman–Crippen LogP) is 2.30. The molecule has 6 heteroatoms. The third-order valence-corrected chi connectivity index (χ3v) is 3.08. The number of anilines is 2. The van der Waals surface area contributed by atoms with Crippen molar-refractivity contribution >= 4 is 22.5 Å². The number of aryl methyl sites for hydroxylation is 1. The van der Waals surface area contributed by atoms with Crippen molar-refractivity contribution in [2.45, 2.75) is 6.92 Å². The second-order valence-corrected chi connectivity index (χ2v) is 4.46. The minimum absolute atomic E-state index is 0.348. The van der Waals surface area contributed by atoms with Gasteiger partial charge in [-0.25, -0.2) is 15.0 Å². The number of H-pyrrole nitrogens is 1. The van der Waals surface area contributed by atoms with Gasteiger partial charge in [0.15, 0.2) is 0 Å². The highest BCUT2D eigenvalue weighted by Gasteiger charge is 2.08. The summed E-state index contributed by atoms with van der Waals surface area (Å²) >= 11 is 0. The number of nitriles is 1. The van der Waals surface area contributed by atoms with Crippen LogP contribution in [0.3, 0.4) is 0 Å². The van der Waals surface area contributed by atoms with Crippen LogP contribution in [0.1, 0.15) is 11.5 Å². The maximum Gasteiger partial charge on any atom is 0.145 e. The maximum absolute atomic E-state index is 8.89. The van der Waals surface area contributed by atoms with Crippen LogP contribution in [-0.2, 0) is 0 Å². The number of nitrogens with one attached hydrogen (secondary N) is 1. The molecule has 0 aliphatic rings. The van der Waals surface area contributed by atoms with Gasteiger partial charge in [0.25, 0.3) is 0 Å². The molecular formula is C14H12N6. The standard InChI is InChI=1S/C14H12N6/c1-9-18-12-4-3-11(6-13(12)19-9)20(2)14-5-10(7-15)16-8-17-14/h3-6,8H,1-2H3,(H,18,19). The number of benzene rings is 1. The van der Waals surface area contributed by atoms with Crippen LogP contribution >= 0.6 is 0 Å². The number of nitrogens with zero attached hydrogens (tertiary/aromatic N) is 5. The Balaban J connectivity index is 2.02. The van der Waals surface area contributed by atoms with E-state index in [-0.39, 0.29) is 0 Å². The summed E-state index contributed by atoms with van der Waals surface area (Å²) in [7, 11) is 1.90. The molecule has 0 radical (unpaired) electrons. The van der Waals surface area contributed by atoms with Gasteiger partial charge in [0, 0.05) is 18.8 Å². The monoisotopic (exact) mass is 264 g/mol. The fraction of sp³-hybridized carbons (Fsp3) is 0.143. The molecule has 0 amide bonds. The van der Waals surface area contributed by atoms with Crippen molar-refractivity contribution in [2.75, 3.05) is 11.9 Å². The highest BCUT2D eigenvalue weighted by Crippen LogP contribution is 2.24. The molecule has 3 aromatic rings. The molecule has 20 heavy (non-hydrogen) atoms. The first-order valence-electron chi connectivity index (χ1n) is 6.09. The smallest absolute Gasteiger partial charge is 0.145 e. The van der Waals surface area contributed by atoms with Crippen LogP contribution in [0.2, 0.25) is 0 Å². The molecule has 1 N–H and O–H groups in total. The molecule has 0 saturated heterocycles. The first-order chi connectivity index (χ1) is 9.67. The largest absolute Gasteiger partial charge is 0.342 e. The van der Waals surface area contributed by atoms with Crippen LogP contribution in [-0.4, -0.2) is 27.0 Å². The van der Waals surface area contributed by atoms with Crippen LogP contribution < -0.4 is 4.90 Å². The van der Waals surface area contributed by atoms with Crippen molar-refractivity contribution in [1.29, 1.82) is 5.26 Å². The van der Waals surface area contributed by atoms with Gasteiger partial charge >= 0.3 is 0 Å². The van der Waals surface area contributed by atoms with E-state index in [2.05, 4.69) is 19.9 Å². The summed E-state index contributed by atoms with van der Waals surface area (Å²) in [5.74, 6) is 1.56. The molecule has 0 saturated carbocycles. The topological polar surface area (TPSA) is 81.5 Å². The van der Waals surface area contributed by atoms with Gasteiger partial charge in [-0.3, -0.25) is 0 Å². The number of rotatable bonds is 2. The molecule has 0 spiro atoms. The third-order valence-electron chi connectivity index (χ3n) is 3.08. The minimum Gasteiger partial charge on any atom is -0.342 e. The number of hydrogen-bond donors (Lipinski definition) is 1.